The molecule has 1 aliphatic rings. The molecule has 100 valence electrons. The SMILES string of the molecule is CNC(Cc1c(F)ccc(Br)c1F)CC1CCC1. The summed E-state index contributed by atoms with van der Waals surface area (Å²) in [6.07, 6.45) is 5.20. The Bertz CT molecular complexity index is 419. The minimum atomic E-state index is -0.469. The predicted molar refractivity (Wildman–Crippen MR) is 72.6 cm³/mol. The maximum absolute atomic E-state index is 13.9. The van der Waals surface area contributed by atoms with E-state index in [1.807, 2.05) is 7.05 Å². The fourth-order valence-electron chi connectivity index (χ4n) is 2.44. The number of nitrogens with one attached hydrogen (secondary N) is 1. The van der Waals surface area contributed by atoms with Gasteiger partial charge in [0, 0.05) is 11.6 Å². The molecule has 18 heavy (non-hydrogen) atoms. The lowest BCUT2D eigenvalue weighted by Crippen LogP contribution is -2.32. The first-order chi connectivity index (χ1) is 8.61. The monoisotopic (exact) mass is 317 g/mol. The van der Waals surface area contributed by atoms with Gasteiger partial charge in [-0.1, -0.05) is 19.3 Å². The van der Waals surface area contributed by atoms with Crippen LogP contribution in [0.5, 0.6) is 0 Å². The van der Waals surface area contributed by atoms with Crippen molar-refractivity contribution < 1.29 is 8.78 Å². The van der Waals surface area contributed by atoms with Crippen LogP contribution in [0.2, 0.25) is 0 Å². The lowest BCUT2D eigenvalue weighted by Gasteiger charge is -2.29. The summed E-state index contributed by atoms with van der Waals surface area (Å²) in [7, 11) is 1.86. The first-order valence-electron chi connectivity index (χ1n) is 6.41. The summed E-state index contributed by atoms with van der Waals surface area (Å²) < 4.78 is 27.9. The second kappa shape index (κ2) is 6.11. The van der Waals surface area contributed by atoms with Crippen LogP contribution in [0.15, 0.2) is 16.6 Å². The largest absolute Gasteiger partial charge is 0.317 e. The van der Waals surface area contributed by atoms with E-state index in [9.17, 15) is 8.78 Å². The highest BCUT2D eigenvalue weighted by Gasteiger charge is 2.23. The molecule has 0 radical (unpaired) electrons. The van der Waals surface area contributed by atoms with Crippen molar-refractivity contribution in [1.29, 1.82) is 0 Å². The predicted octanol–water partition coefficient (Wildman–Crippen LogP) is 4.05. The van der Waals surface area contributed by atoms with E-state index >= 15 is 0 Å². The third-order valence-corrected chi connectivity index (χ3v) is 4.45. The molecule has 1 N–H and O–H groups in total. The zero-order valence-electron chi connectivity index (χ0n) is 10.5. The molecule has 1 unspecified atom stereocenters. The van der Waals surface area contributed by atoms with E-state index in [2.05, 4.69) is 21.2 Å². The van der Waals surface area contributed by atoms with Gasteiger partial charge < -0.3 is 5.32 Å². The Morgan fingerprint density at radius 2 is 2.11 bits per heavy atom. The van der Waals surface area contributed by atoms with Gasteiger partial charge in [0.05, 0.1) is 4.47 Å². The number of likely N-dealkylation sites (N-methyl/N-ethyl adjacent to an activating group) is 1. The smallest absolute Gasteiger partial charge is 0.143 e. The summed E-state index contributed by atoms with van der Waals surface area (Å²) in [6, 6.07) is 2.88. The highest BCUT2D eigenvalue weighted by Crippen LogP contribution is 2.32. The molecule has 1 aromatic rings. The molecular weight excluding hydrogens is 300 g/mol. The summed E-state index contributed by atoms with van der Waals surface area (Å²) in [5.41, 5.74) is 0.183. The molecule has 0 amide bonds. The van der Waals surface area contributed by atoms with Crippen molar-refractivity contribution in [2.45, 2.75) is 38.1 Å². The van der Waals surface area contributed by atoms with E-state index in [4.69, 9.17) is 0 Å². The second-order valence-corrected chi connectivity index (χ2v) is 5.90. The Balaban J connectivity index is 2.08. The molecule has 1 aliphatic carbocycles. The van der Waals surface area contributed by atoms with E-state index in [1.54, 1.807) is 0 Å². The average molecular weight is 318 g/mol. The summed E-state index contributed by atoms with van der Waals surface area (Å²) in [4.78, 5) is 0. The Morgan fingerprint density at radius 1 is 1.39 bits per heavy atom. The second-order valence-electron chi connectivity index (χ2n) is 5.04. The van der Waals surface area contributed by atoms with Gasteiger partial charge in [-0.15, -0.1) is 0 Å². The van der Waals surface area contributed by atoms with Crippen LogP contribution in [-0.2, 0) is 6.42 Å². The summed E-state index contributed by atoms with van der Waals surface area (Å²) in [5.74, 6) is -0.200. The first kappa shape index (κ1) is 13.9. The van der Waals surface area contributed by atoms with Crippen molar-refractivity contribution in [3.05, 3.63) is 33.8 Å². The van der Waals surface area contributed by atoms with Crippen molar-refractivity contribution in [2.24, 2.45) is 5.92 Å². The van der Waals surface area contributed by atoms with Crippen molar-refractivity contribution in [3.8, 4) is 0 Å². The van der Waals surface area contributed by atoms with Crippen LogP contribution in [-0.4, -0.2) is 13.1 Å². The zero-order chi connectivity index (χ0) is 13.1. The number of hydrogen-bond acceptors (Lipinski definition) is 1. The number of rotatable bonds is 5. The fourth-order valence-corrected chi connectivity index (χ4v) is 2.81. The van der Waals surface area contributed by atoms with Crippen LogP contribution in [0.25, 0.3) is 0 Å². The number of benzene rings is 1. The van der Waals surface area contributed by atoms with Crippen LogP contribution in [0, 0.1) is 17.6 Å². The number of halogens is 3. The van der Waals surface area contributed by atoms with Crippen molar-refractivity contribution in [3.63, 3.8) is 0 Å². The Morgan fingerprint density at radius 3 is 2.67 bits per heavy atom. The van der Waals surface area contributed by atoms with Gasteiger partial charge >= 0.3 is 0 Å². The summed E-state index contributed by atoms with van der Waals surface area (Å²) >= 11 is 3.11. The van der Waals surface area contributed by atoms with Crippen molar-refractivity contribution in [2.75, 3.05) is 7.05 Å². The highest BCUT2D eigenvalue weighted by molar-refractivity contribution is 9.10. The third kappa shape index (κ3) is 3.09. The lowest BCUT2D eigenvalue weighted by molar-refractivity contribution is 0.262. The normalized spacial score (nSPS) is 17.6. The first-order valence-corrected chi connectivity index (χ1v) is 7.20. The molecule has 4 heteroatoms. The van der Waals surface area contributed by atoms with Crippen molar-refractivity contribution in [1.82, 2.24) is 5.32 Å². The van der Waals surface area contributed by atoms with Crippen LogP contribution < -0.4 is 5.32 Å². The minimum Gasteiger partial charge on any atom is -0.317 e. The molecule has 1 fully saturated rings. The number of hydrogen-bond donors (Lipinski definition) is 1. The fraction of sp³-hybridized carbons (Fsp3) is 0.571. The van der Waals surface area contributed by atoms with E-state index < -0.39 is 11.6 Å². The third-order valence-electron chi connectivity index (χ3n) is 3.84. The Kier molecular flexibility index (Phi) is 4.73. The van der Waals surface area contributed by atoms with Crippen LogP contribution in [0.1, 0.15) is 31.2 Å². The Labute approximate surface area is 115 Å². The molecule has 1 atom stereocenters. The van der Waals surface area contributed by atoms with Gasteiger partial charge in [0.15, 0.2) is 0 Å². The van der Waals surface area contributed by atoms with Gasteiger partial charge in [-0.05, 0) is 53.9 Å². The van der Waals surface area contributed by atoms with Crippen LogP contribution >= 0.6 is 15.9 Å². The van der Waals surface area contributed by atoms with Gasteiger partial charge in [0.25, 0.3) is 0 Å². The summed E-state index contributed by atoms with van der Waals surface area (Å²) in [5, 5.41) is 3.17. The minimum absolute atomic E-state index is 0.147. The molecule has 0 aromatic heterocycles. The molecular formula is C14H18BrF2N. The van der Waals surface area contributed by atoms with E-state index in [0.717, 1.165) is 12.3 Å². The maximum Gasteiger partial charge on any atom is 0.143 e. The van der Waals surface area contributed by atoms with E-state index in [1.165, 1.54) is 31.4 Å². The maximum atomic E-state index is 13.9. The molecule has 1 aromatic carbocycles. The van der Waals surface area contributed by atoms with Gasteiger partial charge in [0.1, 0.15) is 11.6 Å². The molecule has 2 rings (SSSR count). The Hall–Kier alpha value is -0.480. The molecule has 1 saturated carbocycles. The molecule has 0 heterocycles. The summed E-state index contributed by atoms with van der Waals surface area (Å²) in [6.45, 7) is 0. The molecule has 0 aliphatic heterocycles. The topological polar surface area (TPSA) is 12.0 Å². The van der Waals surface area contributed by atoms with E-state index in [-0.39, 0.29) is 11.6 Å². The van der Waals surface area contributed by atoms with Gasteiger partial charge in [-0.25, -0.2) is 8.78 Å². The van der Waals surface area contributed by atoms with E-state index in [0.29, 0.717) is 10.9 Å². The molecule has 0 bridgehead atoms. The van der Waals surface area contributed by atoms with Gasteiger partial charge in [0.2, 0.25) is 0 Å². The average Bonchev–Trinajstić information content (AvgIpc) is 2.31. The quantitative estimate of drug-likeness (QED) is 0.808. The van der Waals surface area contributed by atoms with Gasteiger partial charge in [-0.3, -0.25) is 0 Å². The molecule has 0 saturated heterocycles. The lowest BCUT2D eigenvalue weighted by atomic mass is 9.80. The van der Waals surface area contributed by atoms with Gasteiger partial charge in [-0.2, -0.15) is 0 Å². The van der Waals surface area contributed by atoms with Crippen LogP contribution in [0.4, 0.5) is 8.78 Å². The standard InChI is InChI=1S/C14H18BrF2N/c1-18-10(7-9-3-2-4-9)8-11-13(16)6-5-12(15)14(11)17/h5-6,9-10,18H,2-4,7-8H2,1H3. The zero-order valence-corrected chi connectivity index (χ0v) is 12.1. The van der Waals surface area contributed by atoms with Crippen LogP contribution in [0.3, 0.4) is 0 Å². The highest BCUT2D eigenvalue weighted by atomic mass is 79.9. The molecule has 1 nitrogen and oxygen atoms in total. The molecule has 0 spiro atoms. The van der Waals surface area contributed by atoms with Crippen molar-refractivity contribution >= 4 is 15.9 Å².